The zero-order valence-electron chi connectivity index (χ0n) is 12.2. The maximum Gasteiger partial charge on any atom is 0.0270 e. The van der Waals surface area contributed by atoms with Crippen molar-refractivity contribution in [3.8, 4) is 0 Å². The Bertz CT molecular complexity index is 297. The van der Waals surface area contributed by atoms with Gasteiger partial charge in [-0.2, -0.15) is 0 Å². The Morgan fingerprint density at radius 1 is 1.11 bits per heavy atom. The predicted molar refractivity (Wildman–Crippen MR) is 78.9 cm³/mol. The van der Waals surface area contributed by atoms with E-state index in [9.17, 15) is 0 Å². The number of pyridine rings is 1. The fourth-order valence-corrected chi connectivity index (χ4v) is 2.48. The van der Waals surface area contributed by atoms with Crippen molar-refractivity contribution in [2.75, 3.05) is 6.54 Å². The molecule has 1 N–H and O–H groups in total. The van der Waals surface area contributed by atoms with Gasteiger partial charge in [0.25, 0.3) is 0 Å². The summed E-state index contributed by atoms with van der Waals surface area (Å²) in [4.78, 5) is 4.10. The molecule has 2 atom stereocenters. The standard InChI is InChI=1S/C16H28N2/c1-4-6-7-8-9-16(18-5-2)14(3)15-10-12-17-13-11-15/h10-14,16,18H,4-9H2,1-3H3. The van der Waals surface area contributed by atoms with Gasteiger partial charge in [-0.05, 0) is 36.6 Å². The van der Waals surface area contributed by atoms with Gasteiger partial charge in [-0.15, -0.1) is 0 Å². The van der Waals surface area contributed by atoms with Gasteiger partial charge < -0.3 is 5.32 Å². The van der Waals surface area contributed by atoms with Crippen LogP contribution < -0.4 is 5.32 Å². The topological polar surface area (TPSA) is 24.9 Å². The van der Waals surface area contributed by atoms with Gasteiger partial charge in [0.1, 0.15) is 0 Å². The van der Waals surface area contributed by atoms with Gasteiger partial charge in [0.2, 0.25) is 0 Å². The normalized spacial score (nSPS) is 14.4. The molecule has 0 saturated carbocycles. The number of likely N-dealkylation sites (N-methyl/N-ethyl adjacent to an activating group) is 1. The fraction of sp³-hybridized carbons (Fsp3) is 0.688. The number of aromatic nitrogens is 1. The second kappa shape index (κ2) is 9.09. The monoisotopic (exact) mass is 248 g/mol. The lowest BCUT2D eigenvalue weighted by Crippen LogP contribution is -2.33. The minimum atomic E-state index is 0.564. The highest BCUT2D eigenvalue weighted by atomic mass is 14.9. The van der Waals surface area contributed by atoms with E-state index in [4.69, 9.17) is 0 Å². The summed E-state index contributed by atoms with van der Waals surface area (Å²) in [6.45, 7) is 7.83. The lowest BCUT2D eigenvalue weighted by Gasteiger charge is -2.25. The molecule has 18 heavy (non-hydrogen) atoms. The van der Waals surface area contributed by atoms with Crippen LogP contribution in [0.1, 0.15) is 64.4 Å². The molecule has 0 spiro atoms. The van der Waals surface area contributed by atoms with E-state index in [-0.39, 0.29) is 0 Å². The SMILES string of the molecule is CCCCCCC(NCC)C(C)c1ccncc1. The van der Waals surface area contributed by atoms with Crippen molar-refractivity contribution >= 4 is 0 Å². The lowest BCUT2D eigenvalue weighted by atomic mass is 9.90. The highest BCUT2D eigenvalue weighted by molar-refractivity contribution is 5.17. The Labute approximate surface area is 112 Å². The second-order valence-corrected chi connectivity index (χ2v) is 5.08. The van der Waals surface area contributed by atoms with Gasteiger partial charge in [-0.25, -0.2) is 0 Å². The maximum atomic E-state index is 4.10. The first-order chi connectivity index (χ1) is 8.79. The molecule has 2 unspecified atom stereocenters. The van der Waals surface area contributed by atoms with Crippen LogP contribution in [-0.2, 0) is 0 Å². The summed E-state index contributed by atoms with van der Waals surface area (Å²) < 4.78 is 0. The number of hydrogen-bond acceptors (Lipinski definition) is 2. The molecule has 0 saturated heterocycles. The Morgan fingerprint density at radius 3 is 2.44 bits per heavy atom. The summed E-state index contributed by atoms with van der Waals surface area (Å²) >= 11 is 0. The second-order valence-electron chi connectivity index (χ2n) is 5.08. The summed E-state index contributed by atoms with van der Waals surface area (Å²) in [6, 6.07) is 4.87. The molecule has 0 bridgehead atoms. The van der Waals surface area contributed by atoms with E-state index in [2.05, 4.69) is 43.2 Å². The minimum Gasteiger partial charge on any atom is -0.314 e. The highest BCUT2D eigenvalue weighted by Gasteiger charge is 2.17. The lowest BCUT2D eigenvalue weighted by molar-refractivity contribution is 0.415. The van der Waals surface area contributed by atoms with Crippen LogP contribution in [0.4, 0.5) is 0 Å². The molecule has 0 amide bonds. The van der Waals surface area contributed by atoms with Crippen LogP contribution in [0.25, 0.3) is 0 Å². The van der Waals surface area contributed by atoms with Gasteiger partial charge in [0, 0.05) is 18.4 Å². The molecule has 1 aromatic rings. The van der Waals surface area contributed by atoms with Crippen molar-refractivity contribution in [1.82, 2.24) is 10.3 Å². The van der Waals surface area contributed by atoms with Gasteiger partial charge in [-0.1, -0.05) is 46.5 Å². The molecule has 1 rings (SSSR count). The third-order valence-electron chi connectivity index (χ3n) is 3.67. The highest BCUT2D eigenvalue weighted by Crippen LogP contribution is 2.22. The van der Waals surface area contributed by atoms with E-state index < -0.39 is 0 Å². The third-order valence-corrected chi connectivity index (χ3v) is 3.67. The number of nitrogens with zero attached hydrogens (tertiary/aromatic N) is 1. The molecule has 0 aliphatic carbocycles. The molecular weight excluding hydrogens is 220 g/mol. The van der Waals surface area contributed by atoms with Gasteiger partial charge in [0.15, 0.2) is 0 Å². The van der Waals surface area contributed by atoms with Crippen LogP contribution in [-0.4, -0.2) is 17.6 Å². The minimum absolute atomic E-state index is 0.564. The van der Waals surface area contributed by atoms with Crippen LogP contribution >= 0.6 is 0 Å². The summed E-state index contributed by atoms with van der Waals surface area (Å²) in [5, 5.41) is 3.64. The molecule has 0 aliphatic heterocycles. The van der Waals surface area contributed by atoms with E-state index in [1.54, 1.807) is 0 Å². The molecule has 102 valence electrons. The third kappa shape index (κ3) is 5.18. The van der Waals surface area contributed by atoms with Crippen molar-refractivity contribution in [3.05, 3.63) is 30.1 Å². The van der Waals surface area contributed by atoms with E-state index in [0.29, 0.717) is 12.0 Å². The fourth-order valence-electron chi connectivity index (χ4n) is 2.48. The van der Waals surface area contributed by atoms with Crippen molar-refractivity contribution in [2.45, 2.75) is 64.8 Å². The number of hydrogen-bond donors (Lipinski definition) is 1. The average Bonchev–Trinajstić information content (AvgIpc) is 2.42. The molecule has 0 aromatic carbocycles. The summed E-state index contributed by atoms with van der Waals surface area (Å²) in [6.07, 6.45) is 10.4. The quantitative estimate of drug-likeness (QED) is 0.665. The Morgan fingerprint density at radius 2 is 1.83 bits per heavy atom. The molecule has 0 radical (unpaired) electrons. The summed E-state index contributed by atoms with van der Waals surface area (Å²) in [5.74, 6) is 0.564. The molecule has 0 fully saturated rings. The Hall–Kier alpha value is -0.890. The van der Waals surface area contributed by atoms with Crippen molar-refractivity contribution in [2.24, 2.45) is 0 Å². The van der Waals surface area contributed by atoms with Crippen LogP contribution in [0.15, 0.2) is 24.5 Å². The molecule has 2 nitrogen and oxygen atoms in total. The van der Waals surface area contributed by atoms with Crippen LogP contribution in [0.2, 0.25) is 0 Å². The molecule has 1 heterocycles. The van der Waals surface area contributed by atoms with E-state index in [1.807, 2.05) is 12.4 Å². The number of nitrogens with one attached hydrogen (secondary N) is 1. The first-order valence-corrected chi connectivity index (χ1v) is 7.42. The van der Waals surface area contributed by atoms with Crippen LogP contribution in [0.3, 0.4) is 0 Å². The van der Waals surface area contributed by atoms with Gasteiger partial charge >= 0.3 is 0 Å². The zero-order chi connectivity index (χ0) is 13.2. The van der Waals surface area contributed by atoms with E-state index in [1.165, 1.54) is 37.7 Å². The van der Waals surface area contributed by atoms with E-state index in [0.717, 1.165) is 6.54 Å². The smallest absolute Gasteiger partial charge is 0.0270 e. The molecule has 2 heteroatoms. The molecular formula is C16H28N2. The van der Waals surface area contributed by atoms with Crippen molar-refractivity contribution in [3.63, 3.8) is 0 Å². The zero-order valence-corrected chi connectivity index (χ0v) is 12.2. The van der Waals surface area contributed by atoms with Crippen molar-refractivity contribution < 1.29 is 0 Å². The first kappa shape index (κ1) is 15.2. The Kier molecular flexibility index (Phi) is 7.66. The number of rotatable bonds is 9. The summed E-state index contributed by atoms with van der Waals surface area (Å²) in [7, 11) is 0. The average molecular weight is 248 g/mol. The maximum absolute atomic E-state index is 4.10. The first-order valence-electron chi connectivity index (χ1n) is 7.42. The van der Waals surface area contributed by atoms with E-state index >= 15 is 0 Å². The van der Waals surface area contributed by atoms with Gasteiger partial charge in [0.05, 0.1) is 0 Å². The van der Waals surface area contributed by atoms with Crippen molar-refractivity contribution in [1.29, 1.82) is 0 Å². The number of unbranched alkanes of at least 4 members (excludes halogenated alkanes) is 3. The molecule has 1 aromatic heterocycles. The Balaban J connectivity index is 2.49. The van der Waals surface area contributed by atoms with Gasteiger partial charge in [-0.3, -0.25) is 4.98 Å². The largest absolute Gasteiger partial charge is 0.314 e. The predicted octanol–water partition coefficient (Wildman–Crippen LogP) is 4.13. The molecule has 0 aliphatic rings. The van der Waals surface area contributed by atoms with Crippen LogP contribution in [0, 0.1) is 0 Å². The van der Waals surface area contributed by atoms with Crippen LogP contribution in [0.5, 0.6) is 0 Å². The summed E-state index contributed by atoms with van der Waals surface area (Å²) in [5.41, 5.74) is 1.39.